The molecule has 0 saturated carbocycles. The molecule has 0 fully saturated rings. The van der Waals surface area contributed by atoms with E-state index in [0.29, 0.717) is 23.5 Å². The van der Waals surface area contributed by atoms with Gasteiger partial charge in [-0.25, -0.2) is 0 Å². The summed E-state index contributed by atoms with van der Waals surface area (Å²) in [6, 6.07) is 14.8. The van der Waals surface area contributed by atoms with E-state index in [-0.39, 0.29) is 17.7 Å². The van der Waals surface area contributed by atoms with Crippen LogP contribution in [0.1, 0.15) is 31.7 Å². The third kappa shape index (κ3) is 4.35. The van der Waals surface area contributed by atoms with E-state index in [9.17, 15) is 9.59 Å². The van der Waals surface area contributed by atoms with Gasteiger partial charge in [0.05, 0.1) is 18.7 Å². The van der Waals surface area contributed by atoms with Gasteiger partial charge in [-0.05, 0) is 30.2 Å². The van der Waals surface area contributed by atoms with Gasteiger partial charge in [-0.2, -0.15) is 0 Å². The molecule has 5 nitrogen and oxygen atoms in total. The fourth-order valence-electron chi connectivity index (χ4n) is 2.56. The Hall–Kier alpha value is -2.82. The van der Waals surface area contributed by atoms with Gasteiger partial charge in [0.15, 0.2) is 0 Å². The molecule has 126 valence electrons. The minimum atomic E-state index is -0.225. The Morgan fingerprint density at radius 2 is 1.79 bits per heavy atom. The van der Waals surface area contributed by atoms with Crippen LogP contribution >= 0.6 is 0 Å². The smallest absolute Gasteiger partial charge is 0.231 e. The van der Waals surface area contributed by atoms with Crippen LogP contribution in [0, 0.1) is 0 Å². The van der Waals surface area contributed by atoms with Gasteiger partial charge >= 0.3 is 0 Å². The molecule has 2 aromatic rings. The summed E-state index contributed by atoms with van der Waals surface area (Å²) in [6.07, 6.45) is 0.699. The number of anilines is 2. The molecular weight excluding hydrogens is 304 g/mol. The summed E-state index contributed by atoms with van der Waals surface area (Å²) in [5, 5.41) is 5.61. The maximum Gasteiger partial charge on any atom is 0.231 e. The van der Waals surface area contributed by atoms with Gasteiger partial charge in [-0.3, -0.25) is 9.59 Å². The number of ether oxygens (including phenoxy) is 1. The number of nitrogens with one attached hydrogen (secondary N) is 2. The molecule has 2 amide bonds. The Morgan fingerprint density at radius 3 is 2.38 bits per heavy atom. The van der Waals surface area contributed by atoms with Crippen molar-refractivity contribution in [2.24, 2.45) is 0 Å². The van der Waals surface area contributed by atoms with E-state index >= 15 is 0 Å². The average molecular weight is 326 g/mol. The molecule has 1 unspecified atom stereocenters. The van der Waals surface area contributed by atoms with Crippen molar-refractivity contribution >= 4 is 23.2 Å². The van der Waals surface area contributed by atoms with E-state index in [1.54, 1.807) is 18.2 Å². The molecule has 24 heavy (non-hydrogen) atoms. The number of hydrogen-bond donors (Lipinski definition) is 2. The number of rotatable bonds is 6. The molecule has 0 spiro atoms. The zero-order chi connectivity index (χ0) is 17.5. The lowest BCUT2D eigenvalue weighted by molar-refractivity contribution is -0.117. The Kier molecular flexibility index (Phi) is 5.95. The zero-order valence-corrected chi connectivity index (χ0v) is 14.1. The lowest BCUT2D eigenvalue weighted by Crippen LogP contribution is -2.20. The summed E-state index contributed by atoms with van der Waals surface area (Å²) in [6.45, 7) is 3.40. The first kappa shape index (κ1) is 17.5. The molecule has 0 aromatic heterocycles. The van der Waals surface area contributed by atoms with Gasteiger partial charge < -0.3 is 15.4 Å². The molecule has 0 bridgehead atoms. The van der Waals surface area contributed by atoms with Gasteiger partial charge in [-0.15, -0.1) is 0 Å². The van der Waals surface area contributed by atoms with Crippen molar-refractivity contribution in [2.75, 3.05) is 17.7 Å². The van der Waals surface area contributed by atoms with Crippen molar-refractivity contribution in [1.82, 2.24) is 0 Å². The number of carbonyl (C=O) groups excluding carboxylic acids is 2. The second-order valence-corrected chi connectivity index (χ2v) is 5.46. The zero-order valence-electron chi connectivity index (χ0n) is 14.1. The Balaban J connectivity index is 2.20. The maximum atomic E-state index is 12.6. The highest BCUT2D eigenvalue weighted by atomic mass is 16.5. The summed E-state index contributed by atoms with van der Waals surface area (Å²) in [5.74, 6) is 0.0333. The molecule has 0 aliphatic rings. The monoisotopic (exact) mass is 326 g/mol. The van der Waals surface area contributed by atoms with E-state index in [2.05, 4.69) is 10.6 Å². The Bertz CT molecular complexity index is 714. The lowest BCUT2D eigenvalue weighted by atomic mass is 9.95. The van der Waals surface area contributed by atoms with Gasteiger partial charge in [0.25, 0.3) is 0 Å². The topological polar surface area (TPSA) is 67.4 Å². The van der Waals surface area contributed by atoms with Crippen LogP contribution in [0.4, 0.5) is 11.4 Å². The predicted molar refractivity (Wildman–Crippen MR) is 95.4 cm³/mol. The Labute approximate surface area is 142 Å². The van der Waals surface area contributed by atoms with Crippen molar-refractivity contribution in [1.29, 1.82) is 0 Å². The molecule has 2 aromatic carbocycles. The summed E-state index contributed by atoms with van der Waals surface area (Å²) in [5.41, 5.74) is 2.11. The van der Waals surface area contributed by atoms with Crippen molar-refractivity contribution in [3.63, 3.8) is 0 Å². The number of amides is 2. The van der Waals surface area contributed by atoms with Crippen LogP contribution in [0.3, 0.4) is 0 Å². The number of benzene rings is 2. The third-order valence-electron chi connectivity index (χ3n) is 3.70. The fraction of sp³-hybridized carbons (Fsp3) is 0.263. The first-order valence-corrected chi connectivity index (χ1v) is 7.86. The highest BCUT2D eigenvalue weighted by Gasteiger charge is 2.19. The van der Waals surface area contributed by atoms with Crippen LogP contribution in [-0.2, 0) is 9.59 Å². The fourth-order valence-corrected chi connectivity index (χ4v) is 2.56. The first-order chi connectivity index (χ1) is 11.5. The van der Waals surface area contributed by atoms with Crippen LogP contribution < -0.4 is 15.4 Å². The van der Waals surface area contributed by atoms with Crippen molar-refractivity contribution < 1.29 is 14.3 Å². The SMILES string of the molecule is CCC(C(=O)Nc1ccc(OC)c(NC(C)=O)c1)c1ccccc1. The molecule has 2 rings (SSSR count). The number of carbonyl (C=O) groups is 2. The summed E-state index contributed by atoms with van der Waals surface area (Å²) in [7, 11) is 1.53. The summed E-state index contributed by atoms with van der Waals surface area (Å²) in [4.78, 5) is 23.9. The van der Waals surface area contributed by atoms with E-state index in [1.807, 2.05) is 37.3 Å². The normalized spacial score (nSPS) is 11.5. The van der Waals surface area contributed by atoms with E-state index in [4.69, 9.17) is 4.74 Å². The second kappa shape index (κ2) is 8.15. The minimum Gasteiger partial charge on any atom is -0.495 e. The standard InChI is InChI=1S/C19H22N2O3/c1-4-16(14-8-6-5-7-9-14)19(23)21-15-10-11-18(24-3)17(12-15)20-13(2)22/h5-12,16H,4H2,1-3H3,(H,20,22)(H,21,23). The van der Waals surface area contributed by atoms with Crippen molar-refractivity contribution in [2.45, 2.75) is 26.2 Å². The Morgan fingerprint density at radius 1 is 1.08 bits per heavy atom. The van der Waals surface area contributed by atoms with Crippen molar-refractivity contribution in [3.8, 4) is 5.75 Å². The molecule has 0 aliphatic carbocycles. The highest BCUT2D eigenvalue weighted by Crippen LogP contribution is 2.29. The molecule has 5 heteroatoms. The minimum absolute atomic E-state index is 0.0809. The van der Waals surface area contributed by atoms with Crippen molar-refractivity contribution in [3.05, 3.63) is 54.1 Å². The van der Waals surface area contributed by atoms with Crippen LogP contribution in [0.25, 0.3) is 0 Å². The van der Waals surface area contributed by atoms with Gasteiger partial charge in [0.1, 0.15) is 5.75 Å². The van der Waals surface area contributed by atoms with Crippen LogP contribution in [0.15, 0.2) is 48.5 Å². The first-order valence-electron chi connectivity index (χ1n) is 7.86. The van der Waals surface area contributed by atoms with Gasteiger partial charge in [0, 0.05) is 12.6 Å². The molecule has 1 atom stereocenters. The number of methoxy groups -OCH3 is 1. The largest absolute Gasteiger partial charge is 0.495 e. The molecule has 0 aliphatic heterocycles. The molecule has 0 saturated heterocycles. The van der Waals surface area contributed by atoms with E-state index < -0.39 is 0 Å². The van der Waals surface area contributed by atoms with Crippen LogP contribution in [0.2, 0.25) is 0 Å². The van der Waals surface area contributed by atoms with Crippen LogP contribution in [0.5, 0.6) is 5.75 Å². The quantitative estimate of drug-likeness (QED) is 0.849. The van der Waals surface area contributed by atoms with E-state index in [0.717, 1.165) is 5.56 Å². The molecule has 0 heterocycles. The second-order valence-electron chi connectivity index (χ2n) is 5.46. The van der Waals surface area contributed by atoms with Gasteiger partial charge in [0.2, 0.25) is 11.8 Å². The summed E-state index contributed by atoms with van der Waals surface area (Å²) >= 11 is 0. The van der Waals surface area contributed by atoms with E-state index in [1.165, 1.54) is 14.0 Å². The summed E-state index contributed by atoms with van der Waals surface area (Å²) < 4.78 is 5.22. The predicted octanol–water partition coefficient (Wildman–Crippen LogP) is 3.79. The highest BCUT2D eigenvalue weighted by molar-refractivity contribution is 5.97. The molecule has 2 N–H and O–H groups in total. The van der Waals surface area contributed by atoms with Crippen LogP contribution in [-0.4, -0.2) is 18.9 Å². The third-order valence-corrected chi connectivity index (χ3v) is 3.70. The maximum absolute atomic E-state index is 12.6. The number of hydrogen-bond acceptors (Lipinski definition) is 3. The lowest BCUT2D eigenvalue weighted by Gasteiger charge is -2.17. The average Bonchev–Trinajstić information content (AvgIpc) is 2.56. The molecular formula is C19H22N2O3. The van der Waals surface area contributed by atoms with Gasteiger partial charge in [-0.1, -0.05) is 37.3 Å². The molecule has 0 radical (unpaired) electrons.